The van der Waals surface area contributed by atoms with E-state index in [9.17, 15) is 4.39 Å². The van der Waals surface area contributed by atoms with Gasteiger partial charge in [0.15, 0.2) is 0 Å². The first-order chi connectivity index (χ1) is 13.2. The zero-order chi connectivity index (χ0) is 18.6. The fourth-order valence-electron chi connectivity index (χ4n) is 3.00. The van der Waals surface area contributed by atoms with Gasteiger partial charge in [-0.3, -0.25) is 0 Å². The van der Waals surface area contributed by atoms with Crippen molar-refractivity contribution < 1.29 is 9.13 Å². The molecule has 5 nitrogen and oxygen atoms in total. The average molecular weight is 421 g/mol. The second-order valence-corrected chi connectivity index (χ2v) is 6.67. The van der Waals surface area contributed by atoms with Crippen LogP contribution in [-0.2, 0) is 19.6 Å². The van der Waals surface area contributed by atoms with Gasteiger partial charge in [-0.15, -0.1) is 12.4 Å². The normalized spacial score (nSPS) is 12.6. The summed E-state index contributed by atoms with van der Waals surface area (Å²) in [5.41, 5.74) is 3.69. The van der Waals surface area contributed by atoms with Crippen LogP contribution in [0.2, 0.25) is 5.02 Å². The molecule has 2 N–H and O–H groups in total. The number of anilines is 2. The molecule has 0 amide bonds. The Morgan fingerprint density at radius 3 is 2.89 bits per heavy atom. The molecule has 4 rings (SSSR count). The van der Waals surface area contributed by atoms with Gasteiger partial charge in [-0.1, -0.05) is 23.7 Å². The van der Waals surface area contributed by atoms with Gasteiger partial charge in [-0.05, 0) is 35.9 Å². The van der Waals surface area contributed by atoms with Crippen LogP contribution in [0.5, 0.6) is 5.75 Å². The molecule has 2 aromatic carbocycles. The van der Waals surface area contributed by atoms with Crippen molar-refractivity contribution >= 4 is 35.5 Å². The van der Waals surface area contributed by atoms with Crippen LogP contribution >= 0.6 is 24.0 Å². The van der Waals surface area contributed by atoms with Crippen LogP contribution in [0, 0.1) is 5.82 Å². The molecule has 0 bridgehead atoms. The Hall–Kier alpha value is -2.41. The molecule has 0 unspecified atom stereocenters. The lowest BCUT2D eigenvalue weighted by Gasteiger charge is -2.19. The summed E-state index contributed by atoms with van der Waals surface area (Å²) >= 11 is 6.35. The van der Waals surface area contributed by atoms with E-state index in [2.05, 4.69) is 20.6 Å². The monoisotopic (exact) mass is 420 g/mol. The summed E-state index contributed by atoms with van der Waals surface area (Å²) in [5, 5.41) is 7.10. The van der Waals surface area contributed by atoms with E-state index < -0.39 is 0 Å². The molecule has 0 aliphatic carbocycles. The molecule has 0 saturated heterocycles. The number of rotatable bonds is 5. The van der Waals surface area contributed by atoms with Crippen molar-refractivity contribution in [3.05, 3.63) is 76.5 Å². The maximum absolute atomic E-state index is 13.2. The van der Waals surface area contributed by atoms with Crippen molar-refractivity contribution in [2.45, 2.75) is 19.6 Å². The Balaban J connectivity index is 0.00000225. The second-order valence-electron chi connectivity index (χ2n) is 6.26. The third-order valence-electron chi connectivity index (χ3n) is 4.35. The maximum Gasteiger partial charge on any atom is 0.138 e. The van der Waals surface area contributed by atoms with E-state index in [4.69, 9.17) is 16.3 Å². The molecule has 0 fully saturated rings. The Labute approximate surface area is 173 Å². The third kappa shape index (κ3) is 4.70. The molecule has 146 valence electrons. The molecule has 0 atom stereocenters. The third-order valence-corrected chi connectivity index (χ3v) is 4.65. The fourth-order valence-corrected chi connectivity index (χ4v) is 3.23. The first-order valence-corrected chi connectivity index (χ1v) is 9.04. The summed E-state index contributed by atoms with van der Waals surface area (Å²) in [4.78, 5) is 8.70. The van der Waals surface area contributed by atoms with Crippen LogP contribution in [0.4, 0.5) is 15.9 Å². The number of hydrogen-bond donors (Lipinski definition) is 2. The van der Waals surface area contributed by atoms with Gasteiger partial charge in [-0.25, -0.2) is 14.4 Å². The topological polar surface area (TPSA) is 59.1 Å². The largest absolute Gasteiger partial charge is 0.487 e. The molecule has 2 heterocycles. The van der Waals surface area contributed by atoms with Gasteiger partial charge in [0.2, 0.25) is 0 Å². The molecule has 0 radical (unpaired) electrons. The van der Waals surface area contributed by atoms with Crippen LogP contribution in [0.1, 0.15) is 16.8 Å². The molecule has 1 aromatic heterocycles. The van der Waals surface area contributed by atoms with E-state index in [1.807, 2.05) is 6.07 Å². The van der Waals surface area contributed by atoms with E-state index in [-0.39, 0.29) is 24.8 Å². The number of hydrogen-bond acceptors (Lipinski definition) is 5. The predicted octanol–water partition coefficient (Wildman–Crippen LogP) is 4.66. The van der Waals surface area contributed by atoms with Crippen LogP contribution in [-0.4, -0.2) is 16.5 Å². The van der Waals surface area contributed by atoms with Gasteiger partial charge in [-0.2, -0.15) is 0 Å². The van der Waals surface area contributed by atoms with Crippen LogP contribution in [0.25, 0.3) is 0 Å². The summed E-state index contributed by atoms with van der Waals surface area (Å²) < 4.78 is 19.0. The van der Waals surface area contributed by atoms with Gasteiger partial charge in [0.1, 0.15) is 30.3 Å². The van der Waals surface area contributed by atoms with Crippen molar-refractivity contribution in [2.75, 3.05) is 11.9 Å². The summed E-state index contributed by atoms with van der Waals surface area (Å²) in [6.45, 7) is 1.91. The van der Waals surface area contributed by atoms with E-state index in [0.29, 0.717) is 10.8 Å². The Kier molecular flexibility index (Phi) is 6.67. The Bertz CT molecular complexity index is 971. The molecule has 8 heteroatoms. The lowest BCUT2D eigenvalue weighted by atomic mass is 10.1. The average Bonchev–Trinajstić information content (AvgIpc) is 2.68. The lowest BCUT2D eigenvalue weighted by Crippen LogP contribution is -2.25. The van der Waals surface area contributed by atoms with Gasteiger partial charge in [0.25, 0.3) is 0 Å². The summed E-state index contributed by atoms with van der Waals surface area (Å²) in [7, 11) is 0. The fraction of sp³-hybridized carbons (Fsp3) is 0.200. The van der Waals surface area contributed by atoms with Crippen molar-refractivity contribution in [1.29, 1.82) is 0 Å². The zero-order valence-corrected chi connectivity index (χ0v) is 16.5. The Morgan fingerprint density at radius 2 is 2.07 bits per heavy atom. The van der Waals surface area contributed by atoms with Crippen molar-refractivity contribution in [3.63, 3.8) is 0 Å². The SMILES string of the molecule is Cl.Fc1cccc(COc2ccc(Nc3ncnc4c3CNCC4)cc2Cl)c1. The van der Waals surface area contributed by atoms with Crippen molar-refractivity contribution in [1.82, 2.24) is 15.3 Å². The molecule has 0 saturated carbocycles. The molecule has 3 aromatic rings. The van der Waals surface area contributed by atoms with E-state index in [1.165, 1.54) is 12.1 Å². The van der Waals surface area contributed by atoms with E-state index in [1.54, 1.807) is 30.6 Å². The number of nitrogens with one attached hydrogen (secondary N) is 2. The molecular weight excluding hydrogens is 402 g/mol. The number of fused-ring (bicyclic) bond motifs is 1. The predicted molar refractivity (Wildman–Crippen MR) is 110 cm³/mol. The van der Waals surface area contributed by atoms with Crippen molar-refractivity contribution in [3.8, 4) is 5.75 Å². The van der Waals surface area contributed by atoms with E-state index >= 15 is 0 Å². The summed E-state index contributed by atoms with van der Waals surface area (Å²) in [5.74, 6) is 1.03. The molecule has 1 aliphatic heterocycles. The highest BCUT2D eigenvalue weighted by atomic mass is 35.5. The smallest absolute Gasteiger partial charge is 0.138 e. The summed E-state index contributed by atoms with van der Waals surface area (Å²) in [6, 6.07) is 11.7. The van der Waals surface area contributed by atoms with Crippen LogP contribution in [0.3, 0.4) is 0 Å². The van der Waals surface area contributed by atoms with Gasteiger partial charge >= 0.3 is 0 Å². The quantitative estimate of drug-likeness (QED) is 0.628. The zero-order valence-electron chi connectivity index (χ0n) is 14.9. The highest BCUT2D eigenvalue weighted by Gasteiger charge is 2.15. The van der Waals surface area contributed by atoms with E-state index in [0.717, 1.165) is 47.8 Å². The number of aromatic nitrogens is 2. The van der Waals surface area contributed by atoms with Crippen molar-refractivity contribution in [2.24, 2.45) is 0 Å². The minimum Gasteiger partial charge on any atom is -0.487 e. The molecule has 0 spiro atoms. The van der Waals surface area contributed by atoms with Gasteiger partial charge in [0.05, 0.1) is 10.7 Å². The standard InChI is InChI=1S/C20H18ClFN4O.ClH/c21-17-9-15(26-20-16-10-23-7-6-18(16)24-12-25-20)4-5-19(17)27-11-13-2-1-3-14(22)8-13;/h1-5,8-9,12,23H,6-7,10-11H2,(H,24,25,26);1H. The van der Waals surface area contributed by atoms with Gasteiger partial charge in [0, 0.05) is 30.8 Å². The molecule has 28 heavy (non-hydrogen) atoms. The number of halogens is 3. The molecular formula is C20H19Cl2FN4O. The van der Waals surface area contributed by atoms with Crippen LogP contribution in [0.15, 0.2) is 48.8 Å². The second kappa shape index (κ2) is 9.19. The number of ether oxygens (including phenoxy) is 1. The molecule has 1 aliphatic rings. The number of nitrogens with zero attached hydrogens (tertiary/aromatic N) is 2. The highest BCUT2D eigenvalue weighted by Crippen LogP contribution is 2.30. The minimum atomic E-state index is -0.288. The first-order valence-electron chi connectivity index (χ1n) is 8.66. The highest BCUT2D eigenvalue weighted by molar-refractivity contribution is 6.32. The van der Waals surface area contributed by atoms with Gasteiger partial charge < -0.3 is 15.4 Å². The number of benzene rings is 2. The summed E-state index contributed by atoms with van der Waals surface area (Å²) in [6.07, 6.45) is 2.46. The van der Waals surface area contributed by atoms with Crippen LogP contribution < -0.4 is 15.4 Å². The maximum atomic E-state index is 13.2. The first kappa shape index (κ1) is 20.3. The Morgan fingerprint density at radius 1 is 1.18 bits per heavy atom. The minimum absolute atomic E-state index is 0. The lowest BCUT2D eigenvalue weighted by molar-refractivity contribution is 0.306.